The first-order valence-corrected chi connectivity index (χ1v) is 12.0. The number of aromatic nitrogens is 2. The van der Waals surface area contributed by atoms with Crippen LogP contribution in [0.1, 0.15) is 22.6 Å². The third-order valence-corrected chi connectivity index (χ3v) is 6.99. The summed E-state index contributed by atoms with van der Waals surface area (Å²) in [4.78, 5) is 0.981. The van der Waals surface area contributed by atoms with E-state index in [4.69, 9.17) is 19.9 Å². The Morgan fingerprint density at radius 1 is 1.24 bits per heavy atom. The molecule has 0 saturated carbocycles. The first-order valence-electron chi connectivity index (χ1n) is 10.3. The van der Waals surface area contributed by atoms with Gasteiger partial charge in [0.15, 0.2) is 11.5 Å². The maximum absolute atomic E-state index is 9.97. The summed E-state index contributed by atoms with van der Waals surface area (Å²) in [5.41, 5.74) is 9.80. The highest BCUT2D eigenvalue weighted by Crippen LogP contribution is 2.49. The van der Waals surface area contributed by atoms with Crippen LogP contribution in [0.4, 0.5) is 0 Å². The lowest BCUT2D eigenvalue weighted by Gasteiger charge is -2.25. The molecular formula is C25H19BrN4O3S. The number of methoxy groups -OCH3 is 1. The molecule has 2 aromatic heterocycles. The zero-order valence-corrected chi connectivity index (χ0v) is 20.4. The summed E-state index contributed by atoms with van der Waals surface area (Å²) in [5.74, 6) is 0.986. The molecule has 3 N–H and O–H groups in total. The van der Waals surface area contributed by atoms with Crippen molar-refractivity contribution < 1.29 is 14.2 Å². The standard InChI is InChI=1S/C25H19BrN4O3S/c1-31-18-11-15(10-17(26)23(18)32-13-14-6-3-2-4-7-14)20-16(12-27)24(28)33-25-21(20)22(29-30-25)19-8-5-9-34-19/h2-11,20H,13,28H2,1H3,(H,29,30). The number of benzene rings is 2. The maximum atomic E-state index is 9.97. The van der Waals surface area contributed by atoms with E-state index in [1.54, 1.807) is 18.4 Å². The first kappa shape index (κ1) is 22.1. The van der Waals surface area contributed by atoms with Crippen LogP contribution in [0.3, 0.4) is 0 Å². The third-order valence-electron chi connectivity index (χ3n) is 5.52. The summed E-state index contributed by atoms with van der Waals surface area (Å²) in [7, 11) is 1.58. The minimum Gasteiger partial charge on any atom is -0.493 e. The Morgan fingerprint density at radius 3 is 2.76 bits per heavy atom. The van der Waals surface area contributed by atoms with Crippen molar-refractivity contribution in [3.05, 3.63) is 92.6 Å². The van der Waals surface area contributed by atoms with Gasteiger partial charge in [0.1, 0.15) is 18.2 Å². The molecule has 4 aromatic rings. The van der Waals surface area contributed by atoms with Crippen molar-refractivity contribution >= 4 is 27.3 Å². The maximum Gasteiger partial charge on any atom is 0.244 e. The van der Waals surface area contributed by atoms with Gasteiger partial charge in [-0.15, -0.1) is 16.4 Å². The van der Waals surface area contributed by atoms with Gasteiger partial charge in [0, 0.05) is 0 Å². The summed E-state index contributed by atoms with van der Waals surface area (Å²) in [5, 5.41) is 19.3. The Kier molecular flexibility index (Phi) is 6.01. The zero-order valence-electron chi connectivity index (χ0n) is 18.0. The molecule has 0 aliphatic carbocycles. The number of halogens is 1. The number of H-pyrrole nitrogens is 1. The minimum atomic E-state index is -0.502. The summed E-state index contributed by atoms with van der Waals surface area (Å²) < 4.78 is 18.1. The van der Waals surface area contributed by atoms with Crippen LogP contribution >= 0.6 is 27.3 Å². The van der Waals surface area contributed by atoms with E-state index >= 15 is 0 Å². The number of fused-ring (bicyclic) bond motifs is 1. The normalized spacial score (nSPS) is 14.8. The largest absolute Gasteiger partial charge is 0.493 e. The molecule has 0 amide bonds. The number of allylic oxidation sites excluding steroid dienone is 1. The van der Waals surface area contributed by atoms with E-state index in [1.165, 1.54) is 0 Å². The van der Waals surface area contributed by atoms with Crippen LogP contribution in [0.25, 0.3) is 10.6 Å². The van der Waals surface area contributed by atoms with Crippen LogP contribution in [0.5, 0.6) is 17.4 Å². The summed E-state index contributed by atoms with van der Waals surface area (Å²) in [6.45, 7) is 0.386. The molecule has 0 fully saturated rings. The van der Waals surface area contributed by atoms with Crippen LogP contribution in [0.2, 0.25) is 0 Å². The first-order chi connectivity index (χ1) is 16.6. The SMILES string of the molecule is COc1cc(C2C(C#N)=C(N)Oc3n[nH]c(-c4cccs4)c32)cc(Br)c1OCc1ccccc1. The number of hydrogen-bond donors (Lipinski definition) is 2. The Bertz CT molecular complexity index is 1410. The molecule has 9 heteroatoms. The van der Waals surface area contributed by atoms with Crippen molar-refractivity contribution in [2.45, 2.75) is 12.5 Å². The summed E-state index contributed by atoms with van der Waals surface area (Å²) >= 11 is 5.20. The highest BCUT2D eigenvalue weighted by molar-refractivity contribution is 9.10. The number of nitrogens with one attached hydrogen (secondary N) is 1. The summed E-state index contributed by atoms with van der Waals surface area (Å²) in [6.07, 6.45) is 0. The zero-order chi connectivity index (χ0) is 23.7. The molecule has 5 rings (SSSR count). The number of rotatable bonds is 6. The predicted molar refractivity (Wildman–Crippen MR) is 133 cm³/mol. The quantitative estimate of drug-likeness (QED) is 0.328. The van der Waals surface area contributed by atoms with Gasteiger partial charge in [-0.2, -0.15) is 5.26 Å². The molecule has 0 saturated heterocycles. The Balaban J connectivity index is 1.60. The number of nitrogens with zero attached hydrogens (tertiary/aromatic N) is 2. The van der Waals surface area contributed by atoms with E-state index in [1.807, 2.05) is 60.0 Å². The molecule has 0 radical (unpaired) electrons. The third kappa shape index (κ3) is 3.91. The van der Waals surface area contributed by atoms with Gasteiger partial charge in [-0.05, 0) is 50.6 Å². The molecule has 7 nitrogen and oxygen atoms in total. The average Bonchev–Trinajstić information content (AvgIpc) is 3.52. The van der Waals surface area contributed by atoms with Gasteiger partial charge in [-0.1, -0.05) is 36.4 Å². The van der Waals surface area contributed by atoms with E-state index in [2.05, 4.69) is 32.2 Å². The molecule has 3 heterocycles. The van der Waals surface area contributed by atoms with Crippen molar-refractivity contribution in [2.75, 3.05) is 7.11 Å². The highest BCUT2D eigenvalue weighted by atomic mass is 79.9. The number of ether oxygens (including phenoxy) is 3. The number of hydrogen-bond acceptors (Lipinski definition) is 7. The Morgan fingerprint density at radius 2 is 2.06 bits per heavy atom. The number of nitrogens with two attached hydrogens (primary N) is 1. The van der Waals surface area contributed by atoms with Crippen LogP contribution in [0.15, 0.2) is 75.9 Å². The topological polar surface area (TPSA) is 106 Å². The fraction of sp³-hybridized carbons (Fsp3) is 0.120. The van der Waals surface area contributed by atoms with Gasteiger partial charge in [0.05, 0.1) is 33.6 Å². The van der Waals surface area contributed by atoms with Crippen molar-refractivity contribution in [3.8, 4) is 34.0 Å². The molecule has 1 aliphatic heterocycles. The van der Waals surface area contributed by atoms with Gasteiger partial charge in [-0.25, -0.2) is 0 Å². The molecule has 1 atom stereocenters. The van der Waals surface area contributed by atoms with E-state index in [-0.39, 0.29) is 5.88 Å². The lowest BCUT2D eigenvalue weighted by Crippen LogP contribution is -2.21. The molecule has 170 valence electrons. The molecule has 2 aromatic carbocycles. The minimum absolute atomic E-state index is 0.0312. The van der Waals surface area contributed by atoms with Crippen LogP contribution < -0.4 is 19.9 Å². The molecular weight excluding hydrogens is 516 g/mol. The molecule has 1 unspecified atom stereocenters. The molecule has 34 heavy (non-hydrogen) atoms. The van der Waals surface area contributed by atoms with Crippen molar-refractivity contribution in [3.63, 3.8) is 0 Å². The van der Waals surface area contributed by atoms with E-state index in [0.717, 1.165) is 27.3 Å². The van der Waals surface area contributed by atoms with Crippen molar-refractivity contribution in [1.29, 1.82) is 5.26 Å². The van der Waals surface area contributed by atoms with Gasteiger partial charge in [0.2, 0.25) is 11.8 Å². The van der Waals surface area contributed by atoms with Crippen molar-refractivity contribution in [2.24, 2.45) is 5.73 Å². The number of nitriles is 1. The van der Waals surface area contributed by atoms with Crippen LogP contribution in [0, 0.1) is 11.3 Å². The second-order valence-electron chi connectivity index (χ2n) is 7.53. The van der Waals surface area contributed by atoms with Gasteiger partial charge in [0.25, 0.3) is 0 Å². The Hall–Kier alpha value is -3.74. The smallest absolute Gasteiger partial charge is 0.244 e. The summed E-state index contributed by atoms with van der Waals surface area (Å²) in [6, 6.07) is 19.8. The Labute approximate surface area is 208 Å². The van der Waals surface area contributed by atoms with E-state index in [9.17, 15) is 5.26 Å². The highest BCUT2D eigenvalue weighted by Gasteiger charge is 2.36. The van der Waals surface area contributed by atoms with Crippen LogP contribution in [-0.2, 0) is 6.61 Å². The fourth-order valence-corrected chi connectivity index (χ4v) is 5.27. The second-order valence-corrected chi connectivity index (χ2v) is 9.33. The molecule has 0 spiro atoms. The van der Waals surface area contributed by atoms with Crippen LogP contribution in [-0.4, -0.2) is 17.3 Å². The predicted octanol–water partition coefficient (Wildman–Crippen LogP) is 5.71. The van der Waals surface area contributed by atoms with E-state index in [0.29, 0.717) is 34.0 Å². The average molecular weight is 535 g/mol. The molecule has 1 aliphatic rings. The number of aromatic amines is 1. The second kappa shape index (κ2) is 9.25. The van der Waals surface area contributed by atoms with Gasteiger partial charge >= 0.3 is 0 Å². The number of thiophene rings is 1. The monoisotopic (exact) mass is 534 g/mol. The van der Waals surface area contributed by atoms with Crippen molar-refractivity contribution in [1.82, 2.24) is 10.2 Å². The van der Waals surface area contributed by atoms with Gasteiger partial charge in [-0.3, -0.25) is 5.10 Å². The fourth-order valence-electron chi connectivity index (χ4n) is 3.96. The lowest BCUT2D eigenvalue weighted by molar-refractivity contribution is 0.282. The van der Waals surface area contributed by atoms with E-state index < -0.39 is 5.92 Å². The molecule has 0 bridgehead atoms. The van der Waals surface area contributed by atoms with Gasteiger partial charge < -0.3 is 19.9 Å². The lowest BCUT2D eigenvalue weighted by atomic mass is 9.83.